The molecule has 0 N–H and O–H groups in total. The van der Waals surface area contributed by atoms with Crippen molar-refractivity contribution < 1.29 is 9.53 Å². The van der Waals surface area contributed by atoms with Crippen LogP contribution >= 0.6 is 0 Å². The van der Waals surface area contributed by atoms with Crippen molar-refractivity contribution >= 4 is 5.97 Å². The van der Waals surface area contributed by atoms with Crippen LogP contribution in [-0.2, 0) is 30.5 Å². The van der Waals surface area contributed by atoms with Crippen LogP contribution in [0.3, 0.4) is 0 Å². The molecule has 2 aromatic carbocycles. The second kappa shape index (κ2) is 8.19. The maximum Gasteiger partial charge on any atom is 0.314 e. The molecule has 0 saturated heterocycles. The molecule has 2 atom stereocenters. The van der Waals surface area contributed by atoms with Crippen LogP contribution < -0.4 is 4.74 Å². The monoisotopic (exact) mass is 373 g/mol. The fourth-order valence-electron chi connectivity index (χ4n) is 4.90. The van der Waals surface area contributed by atoms with E-state index in [2.05, 4.69) is 25.1 Å². The number of esters is 1. The Morgan fingerprint density at radius 1 is 1.04 bits per heavy atom. The molecule has 28 heavy (non-hydrogen) atoms. The van der Waals surface area contributed by atoms with Gasteiger partial charge in [0.15, 0.2) is 0 Å². The van der Waals surface area contributed by atoms with Gasteiger partial charge in [0.25, 0.3) is 0 Å². The molecule has 0 aromatic heterocycles. The maximum absolute atomic E-state index is 12.6. The minimum absolute atomic E-state index is 0.0855. The van der Waals surface area contributed by atoms with Gasteiger partial charge in [-0.05, 0) is 91.0 Å². The Labute approximate surface area is 167 Å². The molecule has 4 rings (SSSR count). The van der Waals surface area contributed by atoms with Gasteiger partial charge in [-0.1, -0.05) is 31.9 Å². The smallest absolute Gasteiger partial charge is 0.314 e. The second-order valence-corrected chi connectivity index (χ2v) is 8.24. The normalized spacial score (nSPS) is 20.6. The van der Waals surface area contributed by atoms with Crippen molar-refractivity contribution in [3.63, 3.8) is 0 Å². The molecule has 0 fully saturated rings. The largest absolute Gasteiger partial charge is 0.426 e. The predicted molar refractivity (Wildman–Crippen MR) is 109 cm³/mol. The fraction of sp³-hybridized carbons (Fsp3) is 0.440. The molecule has 0 spiro atoms. The highest BCUT2D eigenvalue weighted by Gasteiger charge is 2.30. The molecule has 2 unspecified atom stereocenters. The summed E-state index contributed by atoms with van der Waals surface area (Å²) in [6.45, 7) is 2.28. The van der Waals surface area contributed by atoms with E-state index in [4.69, 9.17) is 10.00 Å². The highest BCUT2D eigenvalue weighted by Crippen LogP contribution is 2.36. The van der Waals surface area contributed by atoms with E-state index in [0.717, 1.165) is 25.2 Å². The molecule has 2 aliphatic rings. The van der Waals surface area contributed by atoms with Gasteiger partial charge in [-0.3, -0.25) is 4.79 Å². The predicted octanol–water partition coefficient (Wildman–Crippen LogP) is 5.17. The Balaban J connectivity index is 1.45. The van der Waals surface area contributed by atoms with E-state index in [1.807, 2.05) is 0 Å². The fourth-order valence-corrected chi connectivity index (χ4v) is 4.90. The van der Waals surface area contributed by atoms with Gasteiger partial charge in [0.05, 0.1) is 17.6 Å². The summed E-state index contributed by atoms with van der Waals surface area (Å²) in [5.74, 6) is 1.12. The topological polar surface area (TPSA) is 50.1 Å². The third-order valence-corrected chi connectivity index (χ3v) is 6.38. The lowest BCUT2D eigenvalue weighted by Gasteiger charge is -2.31. The lowest BCUT2D eigenvalue weighted by molar-refractivity contribution is -0.139. The minimum atomic E-state index is -0.156. The second-order valence-electron chi connectivity index (χ2n) is 8.24. The number of hydrogen-bond acceptors (Lipinski definition) is 3. The lowest BCUT2D eigenvalue weighted by atomic mass is 9.74. The van der Waals surface area contributed by atoms with E-state index < -0.39 is 0 Å². The van der Waals surface area contributed by atoms with E-state index in [-0.39, 0.29) is 11.9 Å². The molecule has 0 saturated carbocycles. The molecular formula is C25H27NO2. The molecule has 3 nitrogen and oxygen atoms in total. The van der Waals surface area contributed by atoms with E-state index in [0.29, 0.717) is 11.3 Å². The lowest BCUT2D eigenvalue weighted by Crippen LogP contribution is -2.28. The average Bonchev–Trinajstić information content (AvgIpc) is 2.74. The number of nitriles is 1. The Morgan fingerprint density at radius 3 is 2.39 bits per heavy atom. The molecule has 2 aromatic rings. The Hall–Kier alpha value is -2.60. The van der Waals surface area contributed by atoms with Crippen molar-refractivity contribution in [1.82, 2.24) is 0 Å². The molecule has 144 valence electrons. The maximum atomic E-state index is 12.6. The molecule has 0 amide bonds. The van der Waals surface area contributed by atoms with E-state index in [1.54, 1.807) is 35.4 Å². The quantitative estimate of drug-likeness (QED) is 0.548. The van der Waals surface area contributed by atoms with Crippen LogP contribution in [0.4, 0.5) is 0 Å². The standard InChI is InChI=1S/C25H27NO2/c1-2-3-17-6-12-23-19(14-17)7-8-20-15-21(9-13-24(20)23)25(27)28-22-10-4-18(16-26)5-11-22/h4-5,7-8,10-11,17,21H,2-3,6,9,12-15H2,1H3. The van der Waals surface area contributed by atoms with Gasteiger partial charge in [0.2, 0.25) is 0 Å². The van der Waals surface area contributed by atoms with Crippen molar-refractivity contribution in [3.8, 4) is 11.8 Å². The van der Waals surface area contributed by atoms with Crippen LogP contribution in [0.15, 0.2) is 36.4 Å². The number of hydrogen-bond donors (Lipinski definition) is 0. The number of benzene rings is 2. The van der Waals surface area contributed by atoms with Crippen molar-refractivity contribution in [2.75, 3.05) is 0 Å². The van der Waals surface area contributed by atoms with Gasteiger partial charge >= 0.3 is 5.97 Å². The Kier molecular flexibility index (Phi) is 5.48. The van der Waals surface area contributed by atoms with E-state index >= 15 is 0 Å². The summed E-state index contributed by atoms with van der Waals surface area (Å²) in [5, 5.41) is 8.87. The molecule has 0 aliphatic heterocycles. The van der Waals surface area contributed by atoms with Gasteiger partial charge in [-0.15, -0.1) is 0 Å². The van der Waals surface area contributed by atoms with Gasteiger partial charge in [0.1, 0.15) is 5.75 Å². The number of rotatable bonds is 4. The van der Waals surface area contributed by atoms with Gasteiger partial charge in [0, 0.05) is 0 Å². The highest BCUT2D eigenvalue weighted by molar-refractivity contribution is 5.76. The summed E-state index contributed by atoms with van der Waals surface area (Å²) < 4.78 is 5.57. The summed E-state index contributed by atoms with van der Waals surface area (Å²) in [4.78, 5) is 12.6. The summed E-state index contributed by atoms with van der Waals surface area (Å²) in [6.07, 6.45) is 8.94. The van der Waals surface area contributed by atoms with Crippen LogP contribution in [-0.4, -0.2) is 5.97 Å². The van der Waals surface area contributed by atoms with Crippen LogP contribution in [0.5, 0.6) is 5.75 Å². The Bertz CT molecular complexity index is 907. The number of carbonyl (C=O) groups excluding carboxylic acids is 1. The first kappa shape index (κ1) is 18.7. The van der Waals surface area contributed by atoms with Gasteiger partial charge in [-0.25, -0.2) is 0 Å². The van der Waals surface area contributed by atoms with E-state index in [1.165, 1.54) is 43.2 Å². The van der Waals surface area contributed by atoms with Crippen molar-refractivity contribution in [3.05, 3.63) is 64.2 Å². The molecule has 0 radical (unpaired) electrons. The third-order valence-electron chi connectivity index (χ3n) is 6.38. The number of carbonyl (C=O) groups is 1. The number of nitrogens with zero attached hydrogens (tertiary/aromatic N) is 1. The number of fused-ring (bicyclic) bond motifs is 3. The highest BCUT2D eigenvalue weighted by atomic mass is 16.5. The van der Waals surface area contributed by atoms with Crippen LogP contribution in [0, 0.1) is 23.2 Å². The number of ether oxygens (including phenoxy) is 1. The first-order valence-corrected chi connectivity index (χ1v) is 10.5. The minimum Gasteiger partial charge on any atom is -0.426 e. The zero-order valence-electron chi connectivity index (χ0n) is 16.5. The van der Waals surface area contributed by atoms with Gasteiger partial charge in [-0.2, -0.15) is 5.26 Å². The SMILES string of the molecule is CCCC1CCc2c(ccc3c2CCC(C(=O)Oc2ccc(C#N)cc2)C3)C1. The van der Waals surface area contributed by atoms with Crippen molar-refractivity contribution in [2.45, 2.75) is 58.3 Å². The Morgan fingerprint density at radius 2 is 1.71 bits per heavy atom. The first-order valence-electron chi connectivity index (χ1n) is 10.5. The average molecular weight is 373 g/mol. The third kappa shape index (κ3) is 3.83. The van der Waals surface area contributed by atoms with Crippen LogP contribution in [0.1, 0.15) is 60.4 Å². The van der Waals surface area contributed by atoms with Crippen molar-refractivity contribution in [2.24, 2.45) is 11.8 Å². The zero-order chi connectivity index (χ0) is 19.5. The summed E-state index contributed by atoms with van der Waals surface area (Å²) in [6, 6.07) is 13.4. The summed E-state index contributed by atoms with van der Waals surface area (Å²) >= 11 is 0. The molecule has 2 aliphatic carbocycles. The van der Waals surface area contributed by atoms with Crippen LogP contribution in [0.25, 0.3) is 0 Å². The zero-order valence-corrected chi connectivity index (χ0v) is 16.5. The molecule has 0 bridgehead atoms. The molecule has 0 heterocycles. The first-order chi connectivity index (χ1) is 13.7. The van der Waals surface area contributed by atoms with Gasteiger partial charge < -0.3 is 4.74 Å². The van der Waals surface area contributed by atoms with Crippen LogP contribution in [0.2, 0.25) is 0 Å². The molecular weight excluding hydrogens is 346 g/mol. The van der Waals surface area contributed by atoms with E-state index in [9.17, 15) is 4.79 Å². The summed E-state index contributed by atoms with van der Waals surface area (Å²) in [5.41, 5.74) is 6.53. The van der Waals surface area contributed by atoms with Crippen molar-refractivity contribution in [1.29, 1.82) is 5.26 Å². The summed E-state index contributed by atoms with van der Waals surface area (Å²) in [7, 11) is 0. The molecule has 3 heteroatoms.